The smallest absolute Gasteiger partial charge is 0.383 e. The van der Waals surface area contributed by atoms with Crippen LogP contribution >= 0.6 is 0 Å². The number of halogens is 3. The molecule has 0 saturated heterocycles. The van der Waals surface area contributed by atoms with Crippen molar-refractivity contribution in [3.8, 4) is 0 Å². The van der Waals surface area contributed by atoms with Crippen LogP contribution in [-0.2, 0) is 6.18 Å². The summed E-state index contributed by atoms with van der Waals surface area (Å²) in [6.07, 6.45) is 0.0343. The summed E-state index contributed by atoms with van der Waals surface area (Å²) in [5, 5.41) is 0. The van der Waals surface area contributed by atoms with Gasteiger partial charge in [-0.1, -0.05) is 0 Å². The van der Waals surface area contributed by atoms with Gasteiger partial charge in [0.25, 0.3) is 0 Å². The second-order valence-corrected chi connectivity index (χ2v) is 3.25. The Bertz CT molecular complexity index is 356. The molecule has 0 aliphatic carbocycles. The van der Waals surface area contributed by atoms with E-state index >= 15 is 0 Å². The zero-order valence-electron chi connectivity index (χ0n) is 8.42. The molecule has 0 amide bonds. The fourth-order valence-electron chi connectivity index (χ4n) is 0.941. The van der Waals surface area contributed by atoms with Gasteiger partial charge < -0.3 is 4.90 Å². The van der Waals surface area contributed by atoms with E-state index < -0.39 is 11.9 Å². The summed E-state index contributed by atoms with van der Waals surface area (Å²) in [6.45, 7) is 0. The molecule has 1 aromatic rings. The van der Waals surface area contributed by atoms with E-state index in [1.165, 1.54) is 6.07 Å². The third kappa shape index (κ3) is 3.61. The van der Waals surface area contributed by atoms with Gasteiger partial charge in [-0.15, -0.1) is 0 Å². The van der Waals surface area contributed by atoms with Crippen molar-refractivity contribution in [2.75, 3.05) is 14.1 Å². The lowest BCUT2D eigenvalue weighted by Crippen LogP contribution is -2.07. The van der Waals surface area contributed by atoms with Gasteiger partial charge in [-0.05, 0) is 30.0 Å². The number of hydrogen-bond donors (Lipinski definition) is 0. The average Bonchev–Trinajstić information content (AvgIpc) is 2.14. The van der Waals surface area contributed by atoms with Crippen molar-refractivity contribution in [1.82, 2.24) is 9.88 Å². The van der Waals surface area contributed by atoms with Crippen LogP contribution in [0.4, 0.5) is 13.2 Å². The summed E-state index contributed by atoms with van der Waals surface area (Å²) in [6, 6.07) is 2.54. The standard InChI is InChI=1S/C10H11F3N2/c1-15(2)6-4-8-3-5-14-9(7-8)10(11,12)13/h3-7H,1-2H3/b6-4+. The van der Waals surface area contributed by atoms with Crippen molar-refractivity contribution in [2.24, 2.45) is 0 Å². The van der Waals surface area contributed by atoms with Crippen LogP contribution in [-0.4, -0.2) is 24.0 Å². The predicted molar refractivity (Wildman–Crippen MR) is 52.0 cm³/mol. The van der Waals surface area contributed by atoms with E-state index in [0.29, 0.717) is 5.56 Å². The molecule has 5 heteroatoms. The molecule has 0 N–H and O–H groups in total. The molecule has 82 valence electrons. The summed E-state index contributed by atoms with van der Waals surface area (Å²) in [7, 11) is 3.59. The van der Waals surface area contributed by atoms with Crippen molar-refractivity contribution in [3.63, 3.8) is 0 Å². The number of pyridine rings is 1. The molecule has 0 atom stereocenters. The topological polar surface area (TPSA) is 16.1 Å². The Morgan fingerprint density at radius 3 is 2.53 bits per heavy atom. The highest BCUT2D eigenvalue weighted by atomic mass is 19.4. The van der Waals surface area contributed by atoms with Crippen molar-refractivity contribution < 1.29 is 13.2 Å². The average molecular weight is 216 g/mol. The lowest BCUT2D eigenvalue weighted by Gasteiger charge is -2.06. The molecule has 0 unspecified atom stereocenters. The van der Waals surface area contributed by atoms with Crippen LogP contribution in [0.5, 0.6) is 0 Å². The molecule has 0 radical (unpaired) electrons. The molecule has 1 heterocycles. The number of alkyl halides is 3. The van der Waals surface area contributed by atoms with E-state index in [2.05, 4.69) is 4.98 Å². The minimum atomic E-state index is -4.39. The second-order valence-electron chi connectivity index (χ2n) is 3.25. The van der Waals surface area contributed by atoms with E-state index in [0.717, 1.165) is 12.3 Å². The van der Waals surface area contributed by atoms with Crippen molar-refractivity contribution in [3.05, 3.63) is 35.8 Å². The fraction of sp³-hybridized carbons (Fsp3) is 0.300. The van der Waals surface area contributed by atoms with Crippen LogP contribution in [0, 0.1) is 0 Å². The molecule has 0 spiro atoms. The molecular weight excluding hydrogens is 205 g/mol. The van der Waals surface area contributed by atoms with Gasteiger partial charge in [0.05, 0.1) is 0 Å². The van der Waals surface area contributed by atoms with Crippen LogP contribution in [0.1, 0.15) is 11.3 Å². The lowest BCUT2D eigenvalue weighted by molar-refractivity contribution is -0.141. The van der Waals surface area contributed by atoms with Gasteiger partial charge in [0.1, 0.15) is 5.69 Å². The van der Waals surface area contributed by atoms with E-state index in [4.69, 9.17) is 0 Å². The predicted octanol–water partition coefficient (Wildman–Crippen LogP) is 2.63. The maximum absolute atomic E-state index is 12.3. The first-order valence-corrected chi connectivity index (χ1v) is 4.27. The van der Waals surface area contributed by atoms with E-state index in [9.17, 15) is 13.2 Å². The summed E-state index contributed by atoms with van der Waals surface area (Å²) in [4.78, 5) is 5.01. The first-order valence-electron chi connectivity index (χ1n) is 4.27. The monoisotopic (exact) mass is 216 g/mol. The van der Waals surface area contributed by atoms with Crippen LogP contribution in [0.2, 0.25) is 0 Å². The zero-order valence-corrected chi connectivity index (χ0v) is 8.42. The van der Waals surface area contributed by atoms with Gasteiger partial charge >= 0.3 is 6.18 Å². The Hall–Kier alpha value is -1.52. The largest absolute Gasteiger partial charge is 0.433 e. The van der Waals surface area contributed by atoms with E-state index in [-0.39, 0.29) is 0 Å². The number of nitrogens with zero attached hydrogens (tertiary/aromatic N) is 2. The SMILES string of the molecule is CN(C)/C=C/c1ccnc(C(F)(F)F)c1. The third-order valence-corrected chi connectivity index (χ3v) is 1.64. The molecule has 0 saturated carbocycles. The van der Waals surface area contributed by atoms with E-state index in [1.54, 1.807) is 31.3 Å². The Balaban J connectivity index is 2.93. The highest BCUT2D eigenvalue weighted by Gasteiger charge is 2.32. The van der Waals surface area contributed by atoms with Crippen molar-refractivity contribution in [1.29, 1.82) is 0 Å². The second kappa shape index (κ2) is 4.33. The maximum atomic E-state index is 12.3. The molecule has 1 aromatic heterocycles. The molecular formula is C10H11F3N2. The van der Waals surface area contributed by atoms with Crippen LogP contribution in [0.15, 0.2) is 24.5 Å². The van der Waals surface area contributed by atoms with Gasteiger partial charge in [0.15, 0.2) is 0 Å². The summed E-state index contributed by atoms with van der Waals surface area (Å²) >= 11 is 0. The number of hydrogen-bond acceptors (Lipinski definition) is 2. The zero-order chi connectivity index (χ0) is 11.5. The van der Waals surface area contributed by atoms with Gasteiger partial charge in [-0.3, -0.25) is 4.98 Å². The number of aromatic nitrogens is 1. The van der Waals surface area contributed by atoms with Gasteiger partial charge in [0.2, 0.25) is 0 Å². The molecule has 2 nitrogen and oxygen atoms in total. The minimum absolute atomic E-state index is 0.478. The first kappa shape index (κ1) is 11.6. The van der Waals surface area contributed by atoms with Gasteiger partial charge in [0, 0.05) is 20.3 Å². The maximum Gasteiger partial charge on any atom is 0.433 e. The summed E-state index contributed by atoms with van der Waals surface area (Å²) in [5.74, 6) is 0. The molecule has 0 aliphatic rings. The quantitative estimate of drug-likeness (QED) is 0.755. The Labute approximate surface area is 86.0 Å². The van der Waals surface area contributed by atoms with Gasteiger partial charge in [-0.25, -0.2) is 0 Å². The summed E-state index contributed by atoms with van der Waals surface area (Å²) in [5.41, 5.74) is -0.394. The molecule has 15 heavy (non-hydrogen) atoms. The third-order valence-electron chi connectivity index (χ3n) is 1.64. The highest BCUT2D eigenvalue weighted by Crippen LogP contribution is 2.27. The van der Waals surface area contributed by atoms with Crippen LogP contribution in [0.25, 0.3) is 6.08 Å². The van der Waals surface area contributed by atoms with Gasteiger partial charge in [-0.2, -0.15) is 13.2 Å². The Morgan fingerprint density at radius 1 is 1.33 bits per heavy atom. The normalized spacial score (nSPS) is 12.1. The Kier molecular flexibility index (Phi) is 3.34. The summed E-state index contributed by atoms with van der Waals surface area (Å²) < 4.78 is 36.8. The Morgan fingerprint density at radius 2 is 2.00 bits per heavy atom. The van der Waals surface area contributed by atoms with Crippen molar-refractivity contribution >= 4 is 6.08 Å². The minimum Gasteiger partial charge on any atom is -0.383 e. The molecule has 0 aliphatic heterocycles. The molecule has 1 rings (SSSR count). The lowest BCUT2D eigenvalue weighted by atomic mass is 10.2. The van der Waals surface area contributed by atoms with Crippen LogP contribution < -0.4 is 0 Å². The van der Waals surface area contributed by atoms with E-state index in [1.807, 2.05) is 0 Å². The molecule has 0 aromatic carbocycles. The molecule has 0 fully saturated rings. The van der Waals surface area contributed by atoms with Crippen LogP contribution in [0.3, 0.4) is 0 Å². The molecule has 0 bridgehead atoms. The number of rotatable bonds is 2. The highest BCUT2D eigenvalue weighted by molar-refractivity contribution is 5.48. The fourth-order valence-corrected chi connectivity index (χ4v) is 0.941. The van der Waals surface area contributed by atoms with Crippen molar-refractivity contribution in [2.45, 2.75) is 6.18 Å². The first-order chi connectivity index (χ1) is 6.89.